The molecule has 0 aliphatic carbocycles. The summed E-state index contributed by atoms with van der Waals surface area (Å²) in [6.07, 6.45) is 0.556. The monoisotopic (exact) mass is 293 g/mol. The lowest BCUT2D eigenvalue weighted by atomic mass is 10.3. The number of benzene rings is 1. The maximum atomic E-state index is 10.7. The first-order valence-corrected chi connectivity index (χ1v) is 6.60. The molecule has 104 valence electrons. The molecule has 7 nitrogen and oxygen atoms in total. The number of hydrogen-bond acceptors (Lipinski definition) is 6. The number of nitro benzene ring substituents is 1. The SMILES string of the molecule is O=C(O)c1csc(CCNc2cccc([N+](=O)[O-])c2)n1. The molecule has 2 rings (SSSR count). The summed E-state index contributed by atoms with van der Waals surface area (Å²) in [7, 11) is 0. The Morgan fingerprint density at radius 2 is 2.30 bits per heavy atom. The van der Waals surface area contributed by atoms with Crippen molar-refractivity contribution in [3.8, 4) is 0 Å². The third-order valence-electron chi connectivity index (χ3n) is 2.50. The van der Waals surface area contributed by atoms with Crippen molar-refractivity contribution in [2.24, 2.45) is 0 Å². The number of carboxylic acid groups (broad SMARTS) is 1. The molecule has 0 fully saturated rings. The number of aromatic nitrogens is 1. The Hall–Kier alpha value is -2.48. The number of rotatable bonds is 6. The quantitative estimate of drug-likeness (QED) is 0.626. The Kier molecular flexibility index (Phi) is 4.26. The highest BCUT2D eigenvalue weighted by Crippen LogP contribution is 2.17. The first-order valence-electron chi connectivity index (χ1n) is 5.72. The average Bonchev–Trinajstić information content (AvgIpc) is 2.88. The van der Waals surface area contributed by atoms with E-state index in [1.807, 2.05) is 0 Å². The topological polar surface area (TPSA) is 105 Å². The number of non-ortho nitro benzene ring substituents is 1. The van der Waals surface area contributed by atoms with Gasteiger partial charge in [-0.2, -0.15) is 0 Å². The third kappa shape index (κ3) is 3.51. The second kappa shape index (κ2) is 6.11. The van der Waals surface area contributed by atoms with E-state index in [1.165, 1.54) is 28.8 Å². The van der Waals surface area contributed by atoms with Gasteiger partial charge in [0, 0.05) is 36.2 Å². The molecular weight excluding hydrogens is 282 g/mol. The summed E-state index contributed by atoms with van der Waals surface area (Å²) in [4.78, 5) is 24.8. The van der Waals surface area contributed by atoms with Crippen LogP contribution in [-0.4, -0.2) is 27.5 Å². The number of aromatic carboxylic acids is 1. The fourth-order valence-electron chi connectivity index (χ4n) is 1.57. The van der Waals surface area contributed by atoms with Crippen molar-refractivity contribution < 1.29 is 14.8 Å². The van der Waals surface area contributed by atoms with E-state index in [1.54, 1.807) is 12.1 Å². The fraction of sp³-hybridized carbons (Fsp3) is 0.167. The Balaban J connectivity index is 1.90. The largest absolute Gasteiger partial charge is 0.476 e. The molecule has 0 bridgehead atoms. The molecule has 0 aliphatic heterocycles. The molecule has 2 aromatic rings. The molecule has 8 heteroatoms. The fourth-order valence-corrected chi connectivity index (χ4v) is 2.34. The van der Waals surface area contributed by atoms with E-state index in [0.717, 1.165) is 0 Å². The molecule has 1 aromatic heterocycles. The number of nitrogens with one attached hydrogen (secondary N) is 1. The lowest BCUT2D eigenvalue weighted by molar-refractivity contribution is -0.384. The summed E-state index contributed by atoms with van der Waals surface area (Å²) in [5, 5.41) is 24.6. The molecular formula is C12H11N3O4S. The molecule has 1 heterocycles. The minimum atomic E-state index is -1.04. The van der Waals surface area contributed by atoms with Crippen LogP contribution in [0.15, 0.2) is 29.6 Å². The number of thiazole rings is 1. The summed E-state index contributed by atoms with van der Waals surface area (Å²) in [6.45, 7) is 0.522. The second-order valence-corrected chi connectivity index (χ2v) is 4.86. The van der Waals surface area contributed by atoms with Crippen molar-refractivity contribution in [2.75, 3.05) is 11.9 Å². The van der Waals surface area contributed by atoms with Crippen LogP contribution in [0.25, 0.3) is 0 Å². The van der Waals surface area contributed by atoms with Gasteiger partial charge in [0.15, 0.2) is 5.69 Å². The van der Waals surface area contributed by atoms with Crippen LogP contribution in [0.2, 0.25) is 0 Å². The third-order valence-corrected chi connectivity index (χ3v) is 3.40. The molecule has 0 saturated heterocycles. The van der Waals surface area contributed by atoms with Gasteiger partial charge in [-0.05, 0) is 6.07 Å². The minimum Gasteiger partial charge on any atom is -0.476 e. The van der Waals surface area contributed by atoms with Crippen LogP contribution in [-0.2, 0) is 6.42 Å². The summed E-state index contributed by atoms with van der Waals surface area (Å²) in [6, 6.07) is 6.21. The molecule has 0 saturated carbocycles. The van der Waals surface area contributed by atoms with E-state index < -0.39 is 10.9 Å². The van der Waals surface area contributed by atoms with Gasteiger partial charge in [-0.15, -0.1) is 11.3 Å². The van der Waals surface area contributed by atoms with Crippen LogP contribution in [0.5, 0.6) is 0 Å². The van der Waals surface area contributed by atoms with Crippen molar-refractivity contribution in [2.45, 2.75) is 6.42 Å². The number of nitrogens with zero attached hydrogens (tertiary/aromatic N) is 2. The Labute approximate surface area is 118 Å². The maximum absolute atomic E-state index is 10.7. The first kappa shape index (κ1) is 13.9. The Morgan fingerprint density at radius 1 is 1.50 bits per heavy atom. The average molecular weight is 293 g/mol. The van der Waals surface area contributed by atoms with Crippen molar-refractivity contribution in [3.05, 3.63) is 50.5 Å². The number of nitro groups is 1. The highest BCUT2D eigenvalue weighted by Gasteiger charge is 2.08. The number of carbonyl (C=O) groups is 1. The summed E-state index contributed by atoms with van der Waals surface area (Å²) >= 11 is 1.28. The van der Waals surface area contributed by atoms with Gasteiger partial charge in [0.1, 0.15) is 0 Å². The van der Waals surface area contributed by atoms with Crippen LogP contribution in [0.1, 0.15) is 15.5 Å². The standard InChI is InChI=1S/C12H11N3O4S/c16-12(17)10-7-20-11(14-10)4-5-13-8-2-1-3-9(6-8)15(18)19/h1-3,6-7,13H,4-5H2,(H,16,17). The van der Waals surface area contributed by atoms with E-state index in [-0.39, 0.29) is 11.4 Å². The number of anilines is 1. The van der Waals surface area contributed by atoms with Gasteiger partial charge in [-0.25, -0.2) is 9.78 Å². The molecule has 1 aromatic carbocycles. The summed E-state index contributed by atoms with van der Waals surface area (Å²) < 4.78 is 0. The van der Waals surface area contributed by atoms with E-state index in [4.69, 9.17) is 5.11 Å². The molecule has 0 atom stereocenters. The van der Waals surface area contributed by atoms with Gasteiger partial charge < -0.3 is 10.4 Å². The smallest absolute Gasteiger partial charge is 0.355 e. The molecule has 0 amide bonds. The van der Waals surface area contributed by atoms with Crippen LogP contribution in [0.4, 0.5) is 11.4 Å². The Morgan fingerprint density at radius 3 is 2.95 bits per heavy atom. The zero-order valence-corrected chi connectivity index (χ0v) is 11.1. The van der Waals surface area contributed by atoms with E-state index in [9.17, 15) is 14.9 Å². The highest BCUT2D eigenvalue weighted by atomic mass is 32.1. The van der Waals surface area contributed by atoms with Gasteiger partial charge in [0.2, 0.25) is 0 Å². The van der Waals surface area contributed by atoms with Crippen molar-refractivity contribution in [3.63, 3.8) is 0 Å². The van der Waals surface area contributed by atoms with Crippen LogP contribution >= 0.6 is 11.3 Å². The van der Waals surface area contributed by atoms with Gasteiger partial charge in [-0.3, -0.25) is 10.1 Å². The lowest BCUT2D eigenvalue weighted by Crippen LogP contribution is -2.05. The minimum absolute atomic E-state index is 0.0254. The Bertz CT molecular complexity index is 641. The molecule has 0 spiro atoms. The number of carboxylic acids is 1. The zero-order valence-electron chi connectivity index (χ0n) is 10.3. The van der Waals surface area contributed by atoms with Gasteiger partial charge >= 0.3 is 5.97 Å². The molecule has 20 heavy (non-hydrogen) atoms. The predicted molar refractivity (Wildman–Crippen MR) is 74.4 cm³/mol. The van der Waals surface area contributed by atoms with E-state index in [2.05, 4.69) is 10.3 Å². The van der Waals surface area contributed by atoms with E-state index >= 15 is 0 Å². The predicted octanol–water partition coefficient (Wildman–Crippen LogP) is 2.40. The zero-order chi connectivity index (χ0) is 14.5. The van der Waals surface area contributed by atoms with Crippen LogP contribution < -0.4 is 5.32 Å². The number of hydrogen-bond donors (Lipinski definition) is 2. The van der Waals surface area contributed by atoms with Gasteiger partial charge in [0.25, 0.3) is 5.69 Å². The first-order chi connectivity index (χ1) is 9.56. The van der Waals surface area contributed by atoms with Crippen molar-refractivity contribution >= 4 is 28.7 Å². The normalized spacial score (nSPS) is 10.2. The van der Waals surface area contributed by atoms with Crippen LogP contribution in [0, 0.1) is 10.1 Å². The second-order valence-electron chi connectivity index (χ2n) is 3.92. The molecule has 0 aliphatic rings. The molecule has 0 radical (unpaired) electrons. The summed E-state index contributed by atoms with van der Waals surface area (Å²) in [5.41, 5.74) is 0.715. The van der Waals surface area contributed by atoms with Gasteiger partial charge in [-0.1, -0.05) is 6.07 Å². The van der Waals surface area contributed by atoms with Crippen LogP contribution in [0.3, 0.4) is 0 Å². The molecule has 0 unspecified atom stereocenters. The lowest BCUT2D eigenvalue weighted by Gasteiger charge is -2.04. The van der Waals surface area contributed by atoms with Gasteiger partial charge in [0.05, 0.1) is 9.93 Å². The summed E-state index contributed by atoms with van der Waals surface area (Å²) in [5.74, 6) is -1.04. The van der Waals surface area contributed by atoms with Crippen molar-refractivity contribution in [1.82, 2.24) is 4.98 Å². The maximum Gasteiger partial charge on any atom is 0.355 e. The van der Waals surface area contributed by atoms with E-state index in [0.29, 0.717) is 23.7 Å². The van der Waals surface area contributed by atoms with Crippen molar-refractivity contribution in [1.29, 1.82) is 0 Å². The molecule has 2 N–H and O–H groups in total. The highest BCUT2D eigenvalue weighted by molar-refractivity contribution is 7.09.